The molecule has 2 saturated carbocycles. The molecule has 0 aliphatic heterocycles. The van der Waals surface area contributed by atoms with Gasteiger partial charge in [0.25, 0.3) is 0 Å². The lowest BCUT2D eigenvalue weighted by Crippen LogP contribution is -2.34. The van der Waals surface area contributed by atoms with Crippen molar-refractivity contribution in [1.29, 1.82) is 0 Å². The average Bonchev–Trinajstić information content (AvgIpc) is 3.64. The van der Waals surface area contributed by atoms with E-state index >= 15 is 0 Å². The standard InChI is InChI=1S/C38H55N5O3Si2/c1-47(2,3)18-16-45-26-42(27-46-17-19-48(4,5)6)38-34(25-44)36(32-21-28-12-13-29(20-28)22-32)41-37-33(24-40-43(37)38)31-14-15-35(39-23-31)30-10-8-7-9-11-30/h7-11,14-15,23-24,28-29,32,44H,12-13,16-22,25-27H2,1-6H3/t28-,29+,32?. The van der Waals surface area contributed by atoms with Gasteiger partial charge in [-0.2, -0.15) is 9.61 Å². The van der Waals surface area contributed by atoms with E-state index in [1.807, 2.05) is 35.1 Å². The molecule has 2 aliphatic rings. The van der Waals surface area contributed by atoms with Crippen molar-refractivity contribution in [2.75, 3.05) is 31.6 Å². The number of pyridine rings is 1. The molecule has 3 aromatic heterocycles. The van der Waals surface area contributed by atoms with Gasteiger partial charge < -0.3 is 19.5 Å². The minimum Gasteiger partial charge on any atom is -0.391 e. The number of benzene rings is 1. The molecule has 3 atom stereocenters. The highest BCUT2D eigenvalue weighted by Gasteiger charge is 2.37. The largest absolute Gasteiger partial charge is 0.391 e. The second-order valence-corrected chi connectivity index (χ2v) is 27.7. The zero-order valence-electron chi connectivity index (χ0n) is 29.9. The van der Waals surface area contributed by atoms with Gasteiger partial charge in [0.2, 0.25) is 0 Å². The van der Waals surface area contributed by atoms with Crippen LogP contribution >= 0.6 is 0 Å². The van der Waals surface area contributed by atoms with Crippen molar-refractivity contribution in [2.24, 2.45) is 11.8 Å². The van der Waals surface area contributed by atoms with E-state index in [1.54, 1.807) is 0 Å². The molecule has 6 rings (SSSR count). The Hall–Kier alpha value is -2.90. The number of aliphatic hydroxyl groups excluding tert-OH is 1. The predicted octanol–water partition coefficient (Wildman–Crippen LogP) is 8.68. The third-order valence-electron chi connectivity index (χ3n) is 10.1. The Morgan fingerprint density at radius 3 is 2.02 bits per heavy atom. The minimum absolute atomic E-state index is 0.109. The molecule has 2 aliphatic carbocycles. The number of aromatic nitrogens is 4. The molecule has 1 aromatic carbocycles. The molecule has 1 unspecified atom stereocenters. The molecule has 2 bridgehead atoms. The zero-order chi connectivity index (χ0) is 33.9. The Morgan fingerprint density at radius 1 is 0.812 bits per heavy atom. The van der Waals surface area contributed by atoms with Crippen LogP contribution < -0.4 is 4.90 Å². The lowest BCUT2D eigenvalue weighted by atomic mass is 9.78. The molecule has 0 radical (unpaired) electrons. The van der Waals surface area contributed by atoms with Crippen LogP contribution in [0.15, 0.2) is 54.9 Å². The smallest absolute Gasteiger partial charge is 0.165 e. The summed E-state index contributed by atoms with van der Waals surface area (Å²) >= 11 is 0. The summed E-state index contributed by atoms with van der Waals surface area (Å²) in [5, 5.41) is 16.1. The first-order valence-electron chi connectivity index (χ1n) is 17.9. The van der Waals surface area contributed by atoms with Gasteiger partial charge in [0, 0.05) is 63.7 Å². The van der Waals surface area contributed by atoms with E-state index in [1.165, 1.54) is 19.3 Å². The number of hydrogen-bond donors (Lipinski definition) is 1. The lowest BCUT2D eigenvalue weighted by Gasteiger charge is -2.32. The van der Waals surface area contributed by atoms with Crippen LogP contribution in [0, 0.1) is 11.8 Å². The average molecular weight is 686 g/mol. The fourth-order valence-corrected chi connectivity index (χ4v) is 8.89. The van der Waals surface area contributed by atoms with Gasteiger partial charge in [0.1, 0.15) is 19.3 Å². The second-order valence-electron chi connectivity index (χ2n) is 16.5. The van der Waals surface area contributed by atoms with Crippen molar-refractivity contribution in [3.8, 4) is 22.4 Å². The molecule has 3 heterocycles. The van der Waals surface area contributed by atoms with Crippen molar-refractivity contribution in [3.63, 3.8) is 0 Å². The quantitative estimate of drug-likeness (QED) is 0.0762. The number of rotatable bonds is 15. The van der Waals surface area contributed by atoms with Gasteiger partial charge in [0.05, 0.1) is 24.2 Å². The highest BCUT2D eigenvalue weighted by Crippen LogP contribution is 2.49. The Balaban J connectivity index is 1.42. The monoisotopic (exact) mass is 685 g/mol. The molecular weight excluding hydrogens is 631 g/mol. The molecule has 0 saturated heterocycles. The highest BCUT2D eigenvalue weighted by molar-refractivity contribution is 6.76. The zero-order valence-corrected chi connectivity index (χ0v) is 31.9. The maximum Gasteiger partial charge on any atom is 0.165 e. The van der Waals surface area contributed by atoms with E-state index in [9.17, 15) is 5.11 Å². The van der Waals surface area contributed by atoms with Crippen LogP contribution in [0.1, 0.15) is 49.3 Å². The van der Waals surface area contributed by atoms with E-state index in [4.69, 9.17) is 24.5 Å². The van der Waals surface area contributed by atoms with Gasteiger partial charge in [-0.3, -0.25) is 4.98 Å². The molecule has 0 spiro atoms. The summed E-state index contributed by atoms with van der Waals surface area (Å²) in [6, 6.07) is 16.6. The summed E-state index contributed by atoms with van der Waals surface area (Å²) in [7, 11) is -2.53. The molecule has 10 heteroatoms. The van der Waals surface area contributed by atoms with Gasteiger partial charge in [0.15, 0.2) is 5.65 Å². The summed E-state index contributed by atoms with van der Waals surface area (Å²) < 4.78 is 14.7. The number of hydrogen-bond acceptors (Lipinski definition) is 7. The summed E-state index contributed by atoms with van der Waals surface area (Å²) in [5.74, 6) is 2.63. The van der Waals surface area contributed by atoms with Crippen LogP contribution in [0.2, 0.25) is 51.4 Å². The molecule has 48 heavy (non-hydrogen) atoms. The second kappa shape index (κ2) is 14.9. The summed E-state index contributed by atoms with van der Waals surface area (Å²) in [6.07, 6.45) is 10.0. The van der Waals surface area contributed by atoms with Crippen molar-refractivity contribution in [3.05, 3.63) is 66.1 Å². The topological polar surface area (TPSA) is 85.0 Å². The lowest BCUT2D eigenvalue weighted by molar-refractivity contribution is 0.0937. The number of ether oxygens (including phenoxy) is 2. The first-order valence-corrected chi connectivity index (χ1v) is 25.3. The van der Waals surface area contributed by atoms with Crippen LogP contribution in [-0.4, -0.2) is 67.5 Å². The Morgan fingerprint density at radius 2 is 1.46 bits per heavy atom. The van der Waals surface area contributed by atoms with Crippen LogP contribution in [0.4, 0.5) is 5.82 Å². The molecule has 258 valence electrons. The maximum absolute atomic E-state index is 11.1. The Labute approximate surface area is 288 Å². The fourth-order valence-electron chi connectivity index (χ4n) is 7.38. The summed E-state index contributed by atoms with van der Waals surface area (Å²) in [4.78, 5) is 12.4. The van der Waals surface area contributed by atoms with E-state index in [0.29, 0.717) is 32.6 Å². The highest BCUT2D eigenvalue weighted by atomic mass is 28.3. The van der Waals surface area contributed by atoms with Gasteiger partial charge in [-0.1, -0.05) is 88.5 Å². The van der Waals surface area contributed by atoms with Crippen LogP contribution in [0.3, 0.4) is 0 Å². The number of nitrogens with zero attached hydrogens (tertiary/aromatic N) is 5. The van der Waals surface area contributed by atoms with E-state index in [0.717, 1.165) is 81.9 Å². The van der Waals surface area contributed by atoms with E-state index in [-0.39, 0.29) is 6.61 Å². The Kier molecular flexibility index (Phi) is 10.9. The van der Waals surface area contributed by atoms with Crippen molar-refractivity contribution < 1.29 is 14.6 Å². The van der Waals surface area contributed by atoms with Crippen LogP contribution in [0.25, 0.3) is 28.0 Å². The first-order chi connectivity index (χ1) is 23.0. The van der Waals surface area contributed by atoms with Crippen LogP contribution in [-0.2, 0) is 16.1 Å². The van der Waals surface area contributed by atoms with Crippen molar-refractivity contribution >= 4 is 27.6 Å². The molecule has 1 N–H and O–H groups in total. The molecule has 8 nitrogen and oxygen atoms in total. The SMILES string of the molecule is C[Si](C)(C)CCOCN(COCC[Si](C)(C)C)c1c(CO)c(C2C[C@H]3CC[C@@H](C2)C3)nc2c(-c3ccc(-c4ccccc4)nc3)cnn12. The van der Waals surface area contributed by atoms with E-state index in [2.05, 4.69) is 68.4 Å². The Bertz CT molecular complexity index is 1620. The number of fused-ring (bicyclic) bond motifs is 3. The summed E-state index contributed by atoms with van der Waals surface area (Å²) in [6.45, 7) is 16.3. The van der Waals surface area contributed by atoms with Gasteiger partial charge in [-0.15, -0.1) is 0 Å². The molecule has 4 aromatic rings. The molecular formula is C38H55N5O3Si2. The summed E-state index contributed by atoms with van der Waals surface area (Å²) in [5.41, 5.74) is 6.59. The van der Waals surface area contributed by atoms with Crippen LogP contribution in [0.5, 0.6) is 0 Å². The van der Waals surface area contributed by atoms with Gasteiger partial charge in [-0.25, -0.2) is 4.98 Å². The van der Waals surface area contributed by atoms with Gasteiger partial charge >= 0.3 is 0 Å². The third kappa shape index (κ3) is 8.45. The fraction of sp³-hybridized carbons (Fsp3) is 0.553. The number of anilines is 1. The molecule has 2 fully saturated rings. The normalized spacial score (nSPS) is 19.7. The van der Waals surface area contributed by atoms with E-state index < -0.39 is 16.1 Å². The minimum atomic E-state index is -1.26. The van der Waals surface area contributed by atoms with Gasteiger partial charge in [-0.05, 0) is 49.3 Å². The first kappa shape index (κ1) is 34.9. The number of aliphatic hydroxyl groups is 1. The molecule has 0 amide bonds. The maximum atomic E-state index is 11.1. The third-order valence-corrected chi connectivity index (χ3v) is 13.5. The van der Waals surface area contributed by atoms with Crippen molar-refractivity contribution in [2.45, 2.75) is 96.0 Å². The van der Waals surface area contributed by atoms with Crippen molar-refractivity contribution in [1.82, 2.24) is 19.6 Å². The predicted molar refractivity (Wildman–Crippen MR) is 201 cm³/mol.